The molecule has 0 aliphatic carbocycles. The number of hydrogen-bond acceptors (Lipinski definition) is 0. The fourth-order valence-electron chi connectivity index (χ4n) is 3.29. The fourth-order valence-corrected chi connectivity index (χ4v) is 3.69. The number of hydrogen-bond donors (Lipinski definition) is 0. The molecule has 0 aromatic heterocycles. The number of halogens is 2. The van der Waals surface area contributed by atoms with E-state index < -0.39 is 0 Å². The number of nitrogens with zero attached hydrogens (tertiary/aromatic N) is 1. The Morgan fingerprint density at radius 1 is 0.565 bits per heavy atom. The van der Waals surface area contributed by atoms with Crippen molar-refractivity contribution in [2.24, 2.45) is 0 Å². The van der Waals surface area contributed by atoms with Crippen molar-refractivity contribution >= 4 is 15.9 Å². The summed E-state index contributed by atoms with van der Waals surface area (Å²) in [7, 11) is 2.51. The smallest absolute Gasteiger partial charge is 0.0784 e. The van der Waals surface area contributed by atoms with Crippen LogP contribution in [-0.2, 0) is 0 Å². The van der Waals surface area contributed by atoms with Crippen LogP contribution in [0.4, 0.5) is 0 Å². The summed E-state index contributed by atoms with van der Waals surface area (Å²) >= 11 is 3.58. The van der Waals surface area contributed by atoms with Gasteiger partial charge in [-0.2, -0.15) is 0 Å². The number of rotatable bonds is 17. The Hall–Kier alpha value is 0.920. The third-order valence-corrected chi connectivity index (χ3v) is 5.50. The zero-order valence-corrected chi connectivity index (χ0v) is 19.4. The summed E-state index contributed by atoms with van der Waals surface area (Å²) in [6.45, 7) is 8.80. The van der Waals surface area contributed by atoms with E-state index in [9.17, 15) is 0 Å². The Morgan fingerprint density at radius 3 is 1.30 bits per heavy atom. The lowest BCUT2D eigenvalue weighted by Gasteiger charge is -2.35. The van der Waals surface area contributed by atoms with Crippen LogP contribution in [0.1, 0.15) is 97.3 Å². The molecule has 0 heterocycles. The molecule has 0 amide bonds. The summed E-state index contributed by atoms with van der Waals surface area (Å²) < 4.78 is 1.33. The van der Waals surface area contributed by atoms with E-state index in [1.54, 1.807) is 0 Å². The highest BCUT2D eigenvalue weighted by Gasteiger charge is 2.19. The first-order valence-corrected chi connectivity index (χ1v) is 11.2. The van der Waals surface area contributed by atoms with Crippen molar-refractivity contribution in [2.75, 3.05) is 32.0 Å². The van der Waals surface area contributed by atoms with Gasteiger partial charge in [0.2, 0.25) is 0 Å². The summed E-state index contributed by atoms with van der Waals surface area (Å²) in [5, 5.41) is 1.17. The van der Waals surface area contributed by atoms with Gasteiger partial charge in [-0.05, 0) is 38.5 Å². The van der Waals surface area contributed by atoms with Gasteiger partial charge in [-0.15, -0.1) is 0 Å². The van der Waals surface area contributed by atoms with E-state index in [1.165, 1.54) is 113 Å². The van der Waals surface area contributed by atoms with Crippen LogP contribution >= 0.6 is 15.9 Å². The quantitative estimate of drug-likeness (QED) is 0.176. The van der Waals surface area contributed by atoms with Gasteiger partial charge in [-0.1, -0.05) is 74.7 Å². The van der Waals surface area contributed by atoms with Gasteiger partial charge in [0.1, 0.15) is 0 Å². The summed E-state index contributed by atoms with van der Waals surface area (Å²) in [6.07, 6.45) is 18.4. The molecule has 0 N–H and O–H groups in total. The van der Waals surface area contributed by atoms with E-state index in [4.69, 9.17) is 0 Å². The van der Waals surface area contributed by atoms with E-state index in [2.05, 4.69) is 36.8 Å². The minimum atomic E-state index is 0. The average Bonchev–Trinajstić information content (AvgIpc) is 2.51. The van der Waals surface area contributed by atoms with Crippen LogP contribution in [-0.4, -0.2) is 36.5 Å². The van der Waals surface area contributed by atoms with E-state index in [0.29, 0.717) is 0 Å². The van der Waals surface area contributed by atoms with E-state index in [-0.39, 0.29) is 17.0 Å². The molecule has 0 aliphatic rings. The van der Waals surface area contributed by atoms with Crippen LogP contribution in [0.25, 0.3) is 0 Å². The van der Waals surface area contributed by atoms with Crippen molar-refractivity contribution in [1.82, 2.24) is 0 Å². The molecule has 142 valence electrons. The van der Waals surface area contributed by atoms with Crippen molar-refractivity contribution in [3.8, 4) is 0 Å². The van der Waals surface area contributed by atoms with Gasteiger partial charge in [0, 0.05) is 5.33 Å². The normalized spacial score (nSPS) is 13.6. The third kappa shape index (κ3) is 17.5. The first kappa shape index (κ1) is 26.2. The van der Waals surface area contributed by atoms with Gasteiger partial charge in [0.15, 0.2) is 0 Å². The molecule has 0 fully saturated rings. The van der Waals surface area contributed by atoms with Crippen LogP contribution < -0.4 is 17.0 Å². The Kier molecular flexibility index (Phi) is 21.9. The zero-order valence-electron chi connectivity index (χ0n) is 16.2. The standard InChI is InChI=1S/C20H43BrN.BrH/c1-4-6-8-10-12-15-19-22(3,20-16-13-17-21)18-14-11-9-7-5-2;/h4-20H2,1-3H3;1H/q+1;/p-1. The highest BCUT2D eigenvalue weighted by molar-refractivity contribution is 9.09. The molecular formula is C20H43Br2N. The fraction of sp³-hybridized carbons (Fsp3) is 1.00. The molecule has 0 rings (SSSR count). The van der Waals surface area contributed by atoms with Gasteiger partial charge >= 0.3 is 0 Å². The van der Waals surface area contributed by atoms with Gasteiger partial charge in [0.05, 0.1) is 26.7 Å². The summed E-state index contributed by atoms with van der Waals surface area (Å²) in [4.78, 5) is 0. The molecule has 0 radical (unpaired) electrons. The van der Waals surface area contributed by atoms with Crippen LogP contribution in [0.3, 0.4) is 0 Å². The first-order chi connectivity index (χ1) is 10.7. The number of quaternary nitrogens is 1. The highest BCUT2D eigenvalue weighted by Crippen LogP contribution is 2.15. The van der Waals surface area contributed by atoms with E-state index >= 15 is 0 Å². The summed E-state index contributed by atoms with van der Waals surface area (Å²) in [5.41, 5.74) is 0. The van der Waals surface area contributed by atoms with Crippen LogP contribution in [0.2, 0.25) is 0 Å². The Labute approximate surface area is 166 Å². The van der Waals surface area contributed by atoms with Crippen molar-refractivity contribution in [2.45, 2.75) is 97.3 Å². The van der Waals surface area contributed by atoms with Crippen molar-refractivity contribution in [3.63, 3.8) is 0 Å². The lowest BCUT2D eigenvalue weighted by Crippen LogP contribution is -3.00. The Bertz CT molecular complexity index is 224. The topological polar surface area (TPSA) is 0 Å². The molecule has 0 saturated heterocycles. The predicted octanol–water partition coefficient (Wildman–Crippen LogP) is 3.94. The van der Waals surface area contributed by atoms with E-state index in [0.717, 1.165) is 0 Å². The summed E-state index contributed by atoms with van der Waals surface area (Å²) in [5.74, 6) is 0. The third-order valence-electron chi connectivity index (χ3n) is 4.93. The minimum Gasteiger partial charge on any atom is -1.00 e. The number of unbranched alkanes of at least 4 members (excludes halogenated alkanes) is 10. The second-order valence-corrected chi connectivity index (χ2v) is 8.16. The molecule has 0 spiro atoms. The first-order valence-electron chi connectivity index (χ1n) is 10.1. The highest BCUT2D eigenvalue weighted by atomic mass is 79.9. The van der Waals surface area contributed by atoms with Gasteiger partial charge in [0.25, 0.3) is 0 Å². The maximum absolute atomic E-state index is 3.58. The molecule has 1 nitrogen and oxygen atoms in total. The van der Waals surface area contributed by atoms with Crippen LogP contribution in [0.15, 0.2) is 0 Å². The van der Waals surface area contributed by atoms with Crippen molar-refractivity contribution in [1.29, 1.82) is 0 Å². The SMILES string of the molecule is CCCCCCCC[N+](C)(CCCCBr)CCCCCCC.[Br-]. The largest absolute Gasteiger partial charge is 1.00 e. The van der Waals surface area contributed by atoms with E-state index in [1.807, 2.05) is 0 Å². The lowest BCUT2D eigenvalue weighted by atomic mass is 10.1. The molecule has 23 heavy (non-hydrogen) atoms. The van der Waals surface area contributed by atoms with Crippen molar-refractivity contribution < 1.29 is 21.5 Å². The molecule has 1 unspecified atom stereocenters. The Balaban J connectivity index is 0. The molecular weight excluding hydrogens is 414 g/mol. The molecule has 0 saturated carbocycles. The maximum atomic E-state index is 3.58. The molecule has 3 heteroatoms. The van der Waals surface area contributed by atoms with Gasteiger partial charge < -0.3 is 21.5 Å². The van der Waals surface area contributed by atoms with Gasteiger partial charge in [-0.25, -0.2) is 0 Å². The Morgan fingerprint density at radius 2 is 0.913 bits per heavy atom. The lowest BCUT2D eigenvalue weighted by molar-refractivity contribution is -0.910. The number of alkyl halides is 1. The molecule has 1 atom stereocenters. The van der Waals surface area contributed by atoms with Crippen LogP contribution in [0.5, 0.6) is 0 Å². The second kappa shape index (κ2) is 19.2. The summed E-state index contributed by atoms with van der Waals surface area (Å²) in [6, 6.07) is 0. The average molecular weight is 457 g/mol. The zero-order chi connectivity index (χ0) is 16.5. The van der Waals surface area contributed by atoms with Crippen molar-refractivity contribution in [3.05, 3.63) is 0 Å². The minimum absolute atomic E-state index is 0. The molecule has 0 aromatic carbocycles. The van der Waals surface area contributed by atoms with Crippen LogP contribution in [0, 0.1) is 0 Å². The molecule has 0 bridgehead atoms. The monoisotopic (exact) mass is 455 g/mol. The van der Waals surface area contributed by atoms with Gasteiger partial charge in [-0.3, -0.25) is 0 Å². The predicted molar refractivity (Wildman–Crippen MR) is 106 cm³/mol. The maximum Gasteiger partial charge on any atom is 0.0784 e. The molecule has 0 aromatic rings. The molecule has 0 aliphatic heterocycles. The second-order valence-electron chi connectivity index (χ2n) is 7.37.